The molecule has 2 heterocycles. The van der Waals surface area contributed by atoms with Gasteiger partial charge >= 0.3 is 0 Å². The number of nitrogens with one attached hydrogen (secondary N) is 1. The zero-order chi connectivity index (χ0) is 29.1. The van der Waals surface area contributed by atoms with Gasteiger partial charge in [-0.15, -0.1) is 0 Å². The van der Waals surface area contributed by atoms with E-state index in [9.17, 15) is 18.8 Å². The zero-order valence-electron chi connectivity index (χ0n) is 22.8. The van der Waals surface area contributed by atoms with Crippen LogP contribution in [-0.4, -0.2) is 65.5 Å². The number of carbonyl (C=O) groups is 3. The fraction of sp³-hybridized carbons (Fsp3) is 0.323. The predicted octanol–water partition coefficient (Wildman–Crippen LogP) is 2.67. The molecule has 0 unspecified atom stereocenters. The first-order valence-electron chi connectivity index (χ1n) is 13.6. The Balaban J connectivity index is 1.29. The summed E-state index contributed by atoms with van der Waals surface area (Å²) >= 11 is 0. The first-order chi connectivity index (χ1) is 19.7. The number of halogens is 1. The lowest BCUT2D eigenvalue weighted by molar-refractivity contribution is -0.137. The van der Waals surface area contributed by atoms with Crippen molar-refractivity contribution in [3.8, 4) is 5.75 Å². The van der Waals surface area contributed by atoms with E-state index in [-0.39, 0.29) is 25.0 Å². The summed E-state index contributed by atoms with van der Waals surface area (Å²) in [5, 5.41) is 3.04. The summed E-state index contributed by atoms with van der Waals surface area (Å²) in [4.78, 5) is 41.4. The number of ether oxygens (including phenoxy) is 1. The minimum atomic E-state index is -1.32. The van der Waals surface area contributed by atoms with Crippen LogP contribution in [-0.2, 0) is 9.59 Å². The van der Waals surface area contributed by atoms with E-state index in [4.69, 9.17) is 16.2 Å². The lowest BCUT2D eigenvalue weighted by atomic mass is 9.96. The Bertz CT molecular complexity index is 1380. The molecule has 3 amide bonds. The largest absolute Gasteiger partial charge is 0.487 e. The Morgan fingerprint density at radius 1 is 0.878 bits per heavy atom. The van der Waals surface area contributed by atoms with E-state index in [0.717, 1.165) is 16.7 Å². The summed E-state index contributed by atoms with van der Waals surface area (Å²) in [5.74, 6) is -0.292. The van der Waals surface area contributed by atoms with Gasteiger partial charge in [0.25, 0.3) is 5.91 Å². The van der Waals surface area contributed by atoms with Gasteiger partial charge < -0.3 is 31.3 Å². The van der Waals surface area contributed by atoms with Crippen LogP contribution in [0, 0.1) is 0 Å². The highest BCUT2D eigenvalue weighted by atomic mass is 19.1. The summed E-state index contributed by atoms with van der Waals surface area (Å²) in [7, 11) is 0. The molecule has 0 saturated carbocycles. The highest BCUT2D eigenvalue weighted by Crippen LogP contribution is 2.28. The van der Waals surface area contributed by atoms with Crippen LogP contribution in [0.1, 0.15) is 52.6 Å². The zero-order valence-corrected chi connectivity index (χ0v) is 22.8. The topological polar surface area (TPSA) is 131 Å². The number of nitrogens with two attached hydrogens (primary N) is 2. The predicted molar refractivity (Wildman–Crippen MR) is 151 cm³/mol. The van der Waals surface area contributed by atoms with Crippen molar-refractivity contribution >= 4 is 17.7 Å². The molecule has 0 bridgehead atoms. The van der Waals surface area contributed by atoms with E-state index in [1.165, 1.54) is 11.8 Å². The molecule has 0 spiro atoms. The van der Waals surface area contributed by atoms with Gasteiger partial charge in [0.05, 0.1) is 31.8 Å². The average molecular weight is 560 g/mol. The van der Waals surface area contributed by atoms with E-state index in [2.05, 4.69) is 5.32 Å². The van der Waals surface area contributed by atoms with Crippen molar-refractivity contribution in [1.29, 1.82) is 0 Å². The molecule has 214 valence electrons. The van der Waals surface area contributed by atoms with Gasteiger partial charge in [0.1, 0.15) is 24.1 Å². The molecular formula is C31H34FN5O4. The second kappa shape index (κ2) is 12.1. The van der Waals surface area contributed by atoms with Crippen molar-refractivity contribution in [3.05, 3.63) is 101 Å². The molecule has 9 nitrogen and oxygen atoms in total. The van der Waals surface area contributed by atoms with E-state index < -0.39 is 36.2 Å². The Morgan fingerprint density at radius 3 is 2.10 bits per heavy atom. The third kappa shape index (κ3) is 6.39. The number of hydrogen-bond acceptors (Lipinski definition) is 6. The van der Waals surface area contributed by atoms with E-state index in [0.29, 0.717) is 24.4 Å². The molecule has 0 aliphatic carbocycles. The van der Waals surface area contributed by atoms with Crippen molar-refractivity contribution in [2.24, 2.45) is 11.5 Å². The smallest absolute Gasteiger partial charge is 0.254 e. The second-order valence-corrected chi connectivity index (χ2v) is 10.5. The van der Waals surface area contributed by atoms with Gasteiger partial charge in [-0.2, -0.15) is 0 Å². The van der Waals surface area contributed by atoms with Crippen molar-refractivity contribution in [3.63, 3.8) is 0 Å². The number of alkyl halides is 1. The van der Waals surface area contributed by atoms with Crippen molar-refractivity contribution in [2.75, 3.05) is 19.6 Å². The Kier molecular flexibility index (Phi) is 8.32. The highest BCUT2D eigenvalue weighted by Gasteiger charge is 2.41. The molecule has 2 fully saturated rings. The minimum absolute atomic E-state index is 0.00509. The number of benzene rings is 3. The quantitative estimate of drug-likeness (QED) is 0.364. The summed E-state index contributed by atoms with van der Waals surface area (Å²) in [6.45, 7) is 2.39. The van der Waals surface area contributed by atoms with Gasteiger partial charge in [0, 0.05) is 18.9 Å². The Hall–Kier alpha value is -4.28. The summed E-state index contributed by atoms with van der Waals surface area (Å²) in [5.41, 5.74) is 14.3. The van der Waals surface area contributed by atoms with Crippen LogP contribution < -0.4 is 21.5 Å². The standard InChI is InChI=1S/C31H34FN5O4/c1-19(38)36-17-26(18-36)41-25-13-11-23(12-14-25)31(40)37-16-24(32)15-27(37)30(39)35-28(20-5-3-2-4-6-20)21-7-9-22(10-8-21)29(33)34/h2-14,24,26-29H,15-18,33-34H2,1H3,(H,35,39)/t24-,27+,28+/m1/s1. The fourth-order valence-corrected chi connectivity index (χ4v) is 5.22. The highest BCUT2D eigenvalue weighted by molar-refractivity contribution is 5.98. The van der Waals surface area contributed by atoms with Gasteiger partial charge in [-0.05, 0) is 41.0 Å². The maximum absolute atomic E-state index is 14.7. The van der Waals surface area contributed by atoms with Gasteiger partial charge in [-0.3, -0.25) is 14.4 Å². The first kappa shape index (κ1) is 28.3. The molecule has 3 atom stereocenters. The number of amides is 3. The number of hydrogen-bond donors (Lipinski definition) is 3. The molecule has 5 N–H and O–H groups in total. The van der Waals surface area contributed by atoms with Crippen LogP contribution in [0.2, 0.25) is 0 Å². The first-order valence-corrected chi connectivity index (χ1v) is 13.6. The van der Waals surface area contributed by atoms with Crippen LogP contribution in [0.15, 0.2) is 78.9 Å². The third-order valence-corrected chi connectivity index (χ3v) is 7.59. The molecule has 3 aromatic carbocycles. The van der Waals surface area contributed by atoms with Crippen LogP contribution in [0.3, 0.4) is 0 Å². The molecule has 2 aliphatic heterocycles. The van der Waals surface area contributed by atoms with Gasteiger partial charge in [0.15, 0.2) is 0 Å². The molecular weight excluding hydrogens is 525 g/mol. The molecule has 10 heteroatoms. The molecule has 0 aromatic heterocycles. The molecule has 2 saturated heterocycles. The maximum Gasteiger partial charge on any atom is 0.254 e. The molecule has 2 aliphatic rings. The number of likely N-dealkylation sites (tertiary alicyclic amines) is 2. The number of carbonyl (C=O) groups excluding carboxylic acids is 3. The SMILES string of the molecule is CC(=O)N1CC(Oc2ccc(C(=O)N3C[C@H](F)C[C@H]3C(=O)N[C@@H](c3ccccc3)c3ccc(C(N)N)cc3)cc2)C1. The summed E-state index contributed by atoms with van der Waals surface area (Å²) in [6, 6.07) is 21.8. The maximum atomic E-state index is 14.7. The Labute approximate surface area is 238 Å². The minimum Gasteiger partial charge on any atom is -0.487 e. The Morgan fingerprint density at radius 2 is 1.49 bits per heavy atom. The molecule has 0 radical (unpaired) electrons. The van der Waals surface area contributed by atoms with Crippen LogP contribution in [0.25, 0.3) is 0 Å². The normalized spacial score (nSPS) is 19.5. The van der Waals surface area contributed by atoms with Gasteiger partial charge in [-0.1, -0.05) is 54.6 Å². The van der Waals surface area contributed by atoms with Crippen molar-refractivity contribution in [1.82, 2.24) is 15.1 Å². The lowest BCUT2D eigenvalue weighted by Crippen LogP contribution is -2.55. The molecule has 5 rings (SSSR count). The monoisotopic (exact) mass is 559 g/mol. The van der Waals surface area contributed by atoms with E-state index in [1.54, 1.807) is 29.2 Å². The van der Waals surface area contributed by atoms with E-state index >= 15 is 0 Å². The molecule has 41 heavy (non-hydrogen) atoms. The van der Waals surface area contributed by atoms with Gasteiger partial charge in [-0.25, -0.2) is 4.39 Å². The third-order valence-electron chi connectivity index (χ3n) is 7.59. The van der Waals surface area contributed by atoms with Crippen molar-refractivity contribution in [2.45, 2.75) is 43.9 Å². The van der Waals surface area contributed by atoms with Crippen LogP contribution >= 0.6 is 0 Å². The second-order valence-electron chi connectivity index (χ2n) is 10.5. The number of nitrogens with zero attached hydrogens (tertiary/aromatic N) is 2. The summed E-state index contributed by atoms with van der Waals surface area (Å²) in [6.07, 6.45) is -2.12. The van der Waals surface area contributed by atoms with E-state index in [1.807, 2.05) is 54.6 Å². The average Bonchev–Trinajstić information content (AvgIpc) is 3.35. The fourth-order valence-electron chi connectivity index (χ4n) is 5.22. The van der Waals surface area contributed by atoms with Crippen molar-refractivity contribution < 1.29 is 23.5 Å². The molecule has 3 aromatic rings. The lowest BCUT2D eigenvalue weighted by Gasteiger charge is -2.38. The summed E-state index contributed by atoms with van der Waals surface area (Å²) < 4.78 is 20.5. The van der Waals surface area contributed by atoms with Crippen LogP contribution in [0.5, 0.6) is 5.75 Å². The number of rotatable bonds is 8. The van der Waals surface area contributed by atoms with Crippen LogP contribution in [0.4, 0.5) is 4.39 Å². The van der Waals surface area contributed by atoms with Gasteiger partial charge in [0.2, 0.25) is 11.8 Å².